The minimum atomic E-state index is -0.925. The molecule has 12 heavy (non-hydrogen) atoms. The molecular formula is C9H8O2S. The van der Waals surface area contributed by atoms with Gasteiger partial charge >= 0.3 is 5.97 Å². The van der Waals surface area contributed by atoms with E-state index in [-0.39, 0.29) is 0 Å². The smallest absolute Gasteiger partial charge is 0.328 e. The monoisotopic (exact) mass is 180 g/mol. The SMILES string of the molecule is O=C(O)/C=C/C=C/c1cccs1. The number of allylic oxidation sites excluding steroid dienone is 2. The maximum Gasteiger partial charge on any atom is 0.328 e. The molecule has 0 saturated carbocycles. The van der Waals surface area contributed by atoms with Gasteiger partial charge in [-0.25, -0.2) is 4.79 Å². The number of carboxylic acid groups (broad SMARTS) is 1. The third-order valence-corrected chi connectivity index (χ3v) is 1.99. The van der Waals surface area contributed by atoms with Gasteiger partial charge in [-0.05, 0) is 17.5 Å². The lowest BCUT2D eigenvalue weighted by Crippen LogP contribution is -1.84. The highest BCUT2D eigenvalue weighted by Gasteiger charge is 1.83. The second kappa shape index (κ2) is 4.51. The summed E-state index contributed by atoms with van der Waals surface area (Å²) >= 11 is 1.61. The lowest BCUT2D eigenvalue weighted by atomic mass is 10.4. The molecule has 2 nitrogen and oxygen atoms in total. The van der Waals surface area contributed by atoms with Crippen molar-refractivity contribution in [3.05, 3.63) is 40.6 Å². The van der Waals surface area contributed by atoms with Crippen molar-refractivity contribution in [2.45, 2.75) is 0 Å². The third-order valence-electron chi connectivity index (χ3n) is 1.15. The van der Waals surface area contributed by atoms with E-state index >= 15 is 0 Å². The molecule has 0 aliphatic rings. The Balaban J connectivity index is 2.47. The number of aliphatic carboxylic acids is 1. The molecule has 1 aromatic heterocycles. The van der Waals surface area contributed by atoms with Gasteiger partial charge in [0.25, 0.3) is 0 Å². The van der Waals surface area contributed by atoms with E-state index in [1.54, 1.807) is 17.4 Å². The van der Waals surface area contributed by atoms with Gasteiger partial charge in [0.05, 0.1) is 0 Å². The first-order valence-corrected chi connectivity index (χ1v) is 4.28. The quantitative estimate of drug-likeness (QED) is 0.573. The van der Waals surface area contributed by atoms with Gasteiger partial charge in [-0.2, -0.15) is 0 Å². The van der Waals surface area contributed by atoms with Crippen LogP contribution in [0.15, 0.2) is 35.7 Å². The first-order valence-electron chi connectivity index (χ1n) is 3.40. The summed E-state index contributed by atoms with van der Waals surface area (Å²) in [5, 5.41) is 10.2. The first kappa shape index (κ1) is 8.74. The molecule has 0 aliphatic heterocycles. The predicted octanol–water partition coefficient (Wildman–Crippen LogP) is 2.40. The molecule has 1 heterocycles. The largest absolute Gasteiger partial charge is 0.478 e. The van der Waals surface area contributed by atoms with Crippen molar-refractivity contribution in [1.82, 2.24) is 0 Å². The second-order valence-corrected chi connectivity index (χ2v) is 3.05. The van der Waals surface area contributed by atoms with Gasteiger partial charge in [-0.15, -0.1) is 11.3 Å². The van der Waals surface area contributed by atoms with Crippen molar-refractivity contribution in [1.29, 1.82) is 0 Å². The van der Waals surface area contributed by atoms with E-state index in [9.17, 15) is 4.79 Å². The molecule has 0 saturated heterocycles. The minimum Gasteiger partial charge on any atom is -0.478 e. The van der Waals surface area contributed by atoms with Crippen molar-refractivity contribution in [2.75, 3.05) is 0 Å². The van der Waals surface area contributed by atoms with E-state index in [1.165, 1.54) is 6.08 Å². The van der Waals surface area contributed by atoms with Gasteiger partial charge in [0, 0.05) is 11.0 Å². The highest BCUT2D eigenvalue weighted by atomic mass is 32.1. The number of carbonyl (C=O) groups is 1. The fourth-order valence-electron chi connectivity index (χ4n) is 0.674. The maximum atomic E-state index is 10.0. The van der Waals surface area contributed by atoms with Gasteiger partial charge in [0.1, 0.15) is 0 Å². The molecule has 62 valence electrons. The van der Waals surface area contributed by atoms with Crippen molar-refractivity contribution in [3.63, 3.8) is 0 Å². The van der Waals surface area contributed by atoms with Crippen molar-refractivity contribution >= 4 is 23.4 Å². The molecule has 0 spiro atoms. The molecule has 0 atom stereocenters. The number of hydrogen-bond acceptors (Lipinski definition) is 2. The van der Waals surface area contributed by atoms with Crippen LogP contribution in [0.3, 0.4) is 0 Å². The number of carboxylic acids is 1. The van der Waals surface area contributed by atoms with Crippen LogP contribution >= 0.6 is 11.3 Å². The summed E-state index contributed by atoms with van der Waals surface area (Å²) in [6, 6.07) is 3.92. The summed E-state index contributed by atoms with van der Waals surface area (Å²) in [4.78, 5) is 11.2. The zero-order valence-electron chi connectivity index (χ0n) is 6.31. The van der Waals surface area contributed by atoms with Gasteiger partial charge in [0.2, 0.25) is 0 Å². The summed E-state index contributed by atoms with van der Waals surface area (Å²) < 4.78 is 0. The second-order valence-electron chi connectivity index (χ2n) is 2.07. The van der Waals surface area contributed by atoms with Crippen LogP contribution in [0.2, 0.25) is 0 Å². The Morgan fingerprint density at radius 3 is 2.92 bits per heavy atom. The Morgan fingerprint density at radius 1 is 1.50 bits per heavy atom. The normalized spacial score (nSPS) is 11.3. The summed E-state index contributed by atoms with van der Waals surface area (Å²) in [6.45, 7) is 0. The topological polar surface area (TPSA) is 37.3 Å². The van der Waals surface area contributed by atoms with Crippen LogP contribution in [0.4, 0.5) is 0 Å². The summed E-state index contributed by atoms with van der Waals surface area (Å²) in [6.07, 6.45) is 6.18. The van der Waals surface area contributed by atoms with E-state index in [1.807, 2.05) is 23.6 Å². The van der Waals surface area contributed by atoms with Crippen LogP contribution in [0, 0.1) is 0 Å². The summed E-state index contributed by atoms with van der Waals surface area (Å²) in [5.74, 6) is -0.925. The molecular weight excluding hydrogens is 172 g/mol. The van der Waals surface area contributed by atoms with E-state index in [4.69, 9.17) is 5.11 Å². The van der Waals surface area contributed by atoms with Crippen molar-refractivity contribution in [2.24, 2.45) is 0 Å². The molecule has 0 fully saturated rings. The number of hydrogen-bond donors (Lipinski definition) is 1. The van der Waals surface area contributed by atoms with Crippen LogP contribution in [0.25, 0.3) is 6.08 Å². The third kappa shape index (κ3) is 3.16. The molecule has 0 bridgehead atoms. The highest BCUT2D eigenvalue weighted by Crippen LogP contribution is 2.09. The summed E-state index contributed by atoms with van der Waals surface area (Å²) in [5.41, 5.74) is 0. The first-order chi connectivity index (χ1) is 5.79. The van der Waals surface area contributed by atoms with Crippen molar-refractivity contribution < 1.29 is 9.90 Å². The molecule has 0 aromatic carbocycles. The number of thiophene rings is 1. The van der Waals surface area contributed by atoms with Gasteiger partial charge < -0.3 is 5.11 Å². The van der Waals surface area contributed by atoms with Crippen LogP contribution in [-0.2, 0) is 4.79 Å². The van der Waals surface area contributed by atoms with E-state index in [2.05, 4.69) is 0 Å². The number of rotatable bonds is 3. The van der Waals surface area contributed by atoms with E-state index in [0.29, 0.717) is 0 Å². The van der Waals surface area contributed by atoms with Crippen molar-refractivity contribution in [3.8, 4) is 0 Å². The molecule has 0 unspecified atom stereocenters. The van der Waals surface area contributed by atoms with Crippen LogP contribution in [0.1, 0.15) is 4.88 Å². The van der Waals surface area contributed by atoms with E-state index < -0.39 is 5.97 Å². The van der Waals surface area contributed by atoms with Gasteiger partial charge in [-0.3, -0.25) is 0 Å². The zero-order chi connectivity index (χ0) is 8.81. The molecule has 0 amide bonds. The summed E-state index contributed by atoms with van der Waals surface area (Å²) in [7, 11) is 0. The molecule has 0 aliphatic carbocycles. The molecule has 1 rings (SSSR count). The van der Waals surface area contributed by atoms with Crippen LogP contribution in [0.5, 0.6) is 0 Å². The average Bonchev–Trinajstić information content (AvgIpc) is 2.49. The Hall–Kier alpha value is -1.35. The highest BCUT2D eigenvalue weighted by molar-refractivity contribution is 7.10. The lowest BCUT2D eigenvalue weighted by Gasteiger charge is -1.78. The minimum absolute atomic E-state index is 0.925. The molecule has 3 heteroatoms. The van der Waals surface area contributed by atoms with Crippen LogP contribution in [-0.4, -0.2) is 11.1 Å². The Kier molecular flexibility index (Phi) is 3.29. The zero-order valence-corrected chi connectivity index (χ0v) is 7.12. The maximum absolute atomic E-state index is 10.0. The van der Waals surface area contributed by atoms with Gasteiger partial charge in [-0.1, -0.05) is 18.2 Å². The van der Waals surface area contributed by atoms with Crippen LogP contribution < -0.4 is 0 Å². The predicted molar refractivity (Wildman–Crippen MR) is 50.1 cm³/mol. The Morgan fingerprint density at radius 2 is 2.33 bits per heavy atom. The van der Waals surface area contributed by atoms with E-state index in [0.717, 1.165) is 11.0 Å². The van der Waals surface area contributed by atoms with Gasteiger partial charge in [0.15, 0.2) is 0 Å². The Labute approximate surface area is 74.5 Å². The fraction of sp³-hybridized carbons (Fsp3) is 0. The fourth-order valence-corrected chi connectivity index (χ4v) is 1.30. The Bertz CT molecular complexity index is 296. The average molecular weight is 180 g/mol. The molecule has 1 aromatic rings. The molecule has 1 N–H and O–H groups in total. The molecule has 0 radical (unpaired) electrons. The standard InChI is InChI=1S/C9H8O2S/c10-9(11)6-2-1-4-8-5-3-7-12-8/h1-7H,(H,10,11)/b4-1+,6-2+. The lowest BCUT2D eigenvalue weighted by molar-refractivity contribution is -0.131.